The minimum Gasteiger partial charge on any atom is -0.344 e. The lowest BCUT2D eigenvalue weighted by Crippen LogP contribution is -2.14. The van der Waals surface area contributed by atoms with Crippen LogP contribution in [0.15, 0.2) is 36.8 Å². The number of rotatable bonds is 4. The Morgan fingerprint density at radius 2 is 2.08 bits per heavy atom. The molecule has 8 heteroatoms. The lowest BCUT2D eigenvalue weighted by molar-refractivity contribution is 0.102. The van der Waals surface area contributed by atoms with Crippen molar-refractivity contribution < 1.29 is 4.79 Å². The number of carbonyl (C=O) groups is 1. The summed E-state index contributed by atoms with van der Waals surface area (Å²) in [4.78, 5) is 24.9. The molecule has 122 valence electrons. The Kier molecular flexibility index (Phi) is 4.73. The second kappa shape index (κ2) is 6.94. The summed E-state index contributed by atoms with van der Waals surface area (Å²) in [5, 5.41) is 7.78. The predicted molar refractivity (Wildman–Crippen MR) is 96.3 cm³/mol. The van der Waals surface area contributed by atoms with Crippen LogP contribution in [0.25, 0.3) is 0 Å². The van der Waals surface area contributed by atoms with Gasteiger partial charge in [-0.25, -0.2) is 9.97 Å². The van der Waals surface area contributed by atoms with Crippen molar-refractivity contribution in [3.8, 4) is 0 Å². The highest BCUT2D eigenvalue weighted by Crippen LogP contribution is 2.29. The second-order valence-electron chi connectivity index (χ2n) is 5.05. The van der Waals surface area contributed by atoms with Gasteiger partial charge in [-0.15, -0.1) is 11.3 Å². The summed E-state index contributed by atoms with van der Waals surface area (Å²) in [6, 6.07) is 5.15. The largest absolute Gasteiger partial charge is 0.344 e. The maximum atomic E-state index is 12.5. The van der Waals surface area contributed by atoms with Gasteiger partial charge in [0.05, 0.1) is 16.9 Å². The third kappa shape index (κ3) is 3.69. The van der Waals surface area contributed by atoms with Gasteiger partial charge in [-0.05, 0) is 37.6 Å². The Morgan fingerprint density at radius 1 is 1.25 bits per heavy atom. The standard InChI is InChI=1S/C16H14ClN5OS/c1-9-3-5-18-8-12(9)22-16-14(20-10(2)24-16)15(23)21-11-4-6-19-13(17)7-11/h3-8,22H,1-2H3,(H,19,21,23). The summed E-state index contributed by atoms with van der Waals surface area (Å²) in [6.07, 6.45) is 4.97. The van der Waals surface area contributed by atoms with Crippen LogP contribution in [-0.2, 0) is 0 Å². The van der Waals surface area contributed by atoms with E-state index in [1.54, 1.807) is 24.5 Å². The van der Waals surface area contributed by atoms with Crippen LogP contribution < -0.4 is 10.6 Å². The van der Waals surface area contributed by atoms with E-state index in [9.17, 15) is 4.79 Å². The third-order valence-corrected chi connectivity index (χ3v) is 4.31. The van der Waals surface area contributed by atoms with Gasteiger partial charge in [-0.2, -0.15) is 0 Å². The molecule has 24 heavy (non-hydrogen) atoms. The number of aromatic nitrogens is 3. The monoisotopic (exact) mass is 359 g/mol. The second-order valence-corrected chi connectivity index (χ2v) is 6.64. The molecule has 0 aliphatic heterocycles. The molecule has 0 aliphatic carbocycles. The molecule has 0 aromatic carbocycles. The Morgan fingerprint density at radius 3 is 2.83 bits per heavy atom. The smallest absolute Gasteiger partial charge is 0.277 e. The van der Waals surface area contributed by atoms with Gasteiger partial charge in [0.25, 0.3) is 5.91 Å². The number of thiazole rings is 1. The first-order chi connectivity index (χ1) is 11.5. The van der Waals surface area contributed by atoms with Crippen molar-refractivity contribution in [2.45, 2.75) is 13.8 Å². The number of aryl methyl sites for hydroxylation is 2. The number of nitrogens with zero attached hydrogens (tertiary/aromatic N) is 3. The van der Waals surface area contributed by atoms with Crippen molar-refractivity contribution >= 4 is 45.2 Å². The number of hydrogen-bond donors (Lipinski definition) is 2. The number of pyridine rings is 2. The molecule has 3 aromatic rings. The zero-order chi connectivity index (χ0) is 17.1. The van der Waals surface area contributed by atoms with E-state index < -0.39 is 0 Å². The van der Waals surface area contributed by atoms with E-state index in [0.29, 0.717) is 21.5 Å². The highest BCUT2D eigenvalue weighted by molar-refractivity contribution is 7.16. The zero-order valence-corrected chi connectivity index (χ0v) is 14.6. The van der Waals surface area contributed by atoms with E-state index in [1.165, 1.54) is 17.5 Å². The summed E-state index contributed by atoms with van der Waals surface area (Å²) < 4.78 is 0. The Balaban J connectivity index is 1.86. The highest BCUT2D eigenvalue weighted by Gasteiger charge is 2.18. The topological polar surface area (TPSA) is 79.8 Å². The van der Waals surface area contributed by atoms with Crippen molar-refractivity contribution in [1.82, 2.24) is 15.0 Å². The number of carbonyl (C=O) groups excluding carboxylic acids is 1. The van der Waals surface area contributed by atoms with Gasteiger partial charge in [-0.3, -0.25) is 9.78 Å². The summed E-state index contributed by atoms with van der Waals surface area (Å²) in [7, 11) is 0. The fourth-order valence-electron chi connectivity index (χ4n) is 2.05. The average Bonchev–Trinajstić information content (AvgIpc) is 2.90. The molecule has 0 saturated heterocycles. The van der Waals surface area contributed by atoms with E-state index in [4.69, 9.17) is 11.6 Å². The van der Waals surface area contributed by atoms with Crippen molar-refractivity contribution in [1.29, 1.82) is 0 Å². The summed E-state index contributed by atoms with van der Waals surface area (Å²) in [6.45, 7) is 3.82. The SMILES string of the molecule is Cc1nc(C(=O)Nc2ccnc(Cl)c2)c(Nc2cnccc2C)s1. The molecule has 0 radical (unpaired) electrons. The number of nitrogens with one attached hydrogen (secondary N) is 2. The van der Waals surface area contributed by atoms with Crippen molar-refractivity contribution in [3.63, 3.8) is 0 Å². The Bertz CT molecular complexity index is 896. The number of amides is 1. The van der Waals surface area contributed by atoms with Crippen LogP contribution in [0, 0.1) is 13.8 Å². The molecule has 3 heterocycles. The van der Waals surface area contributed by atoms with Crippen LogP contribution in [-0.4, -0.2) is 20.9 Å². The van der Waals surface area contributed by atoms with Gasteiger partial charge < -0.3 is 10.6 Å². The fraction of sp³-hybridized carbons (Fsp3) is 0.125. The molecule has 0 atom stereocenters. The maximum absolute atomic E-state index is 12.5. The van der Waals surface area contributed by atoms with Crippen molar-refractivity contribution in [3.05, 3.63) is 58.2 Å². The first-order valence-electron chi connectivity index (χ1n) is 7.11. The Hall–Kier alpha value is -2.51. The van der Waals surface area contributed by atoms with Crippen LogP contribution in [0.4, 0.5) is 16.4 Å². The molecule has 0 aliphatic rings. The first-order valence-corrected chi connectivity index (χ1v) is 8.30. The predicted octanol–water partition coefficient (Wildman–Crippen LogP) is 4.20. The zero-order valence-electron chi connectivity index (χ0n) is 13.0. The minimum absolute atomic E-state index is 0.312. The van der Waals surface area contributed by atoms with Crippen LogP contribution in [0.5, 0.6) is 0 Å². The molecule has 0 unspecified atom stereocenters. The molecule has 0 fully saturated rings. The lowest BCUT2D eigenvalue weighted by Gasteiger charge is -2.09. The van der Waals surface area contributed by atoms with Crippen molar-refractivity contribution in [2.24, 2.45) is 0 Å². The quantitative estimate of drug-likeness (QED) is 0.682. The van der Waals surface area contributed by atoms with E-state index in [1.807, 2.05) is 19.9 Å². The first kappa shape index (κ1) is 16.4. The van der Waals surface area contributed by atoms with Gasteiger partial charge in [0.2, 0.25) is 0 Å². The molecule has 0 saturated carbocycles. The van der Waals surface area contributed by atoms with E-state index >= 15 is 0 Å². The average molecular weight is 360 g/mol. The summed E-state index contributed by atoms with van der Waals surface area (Å²) >= 11 is 7.25. The molecule has 3 aromatic heterocycles. The Labute approximate surface area is 148 Å². The van der Waals surface area contributed by atoms with E-state index in [2.05, 4.69) is 25.6 Å². The molecule has 6 nitrogen and oxygen atoms in total. The van der Waals surface area contributed by atoms with E-state index in [-0.39, 0.29) is 5.91 Å². The summed E-state index contributed by atoms with van der Waals surface area (Å²) in [5.74, 6) is -0.314. The van der Waals surface area contributed by atoms with Crippen LogP contribution >= 0.6 is 22.9 Å². The van der Waals surface area contributed by atoms with Gasteiger partial charge in [-0.1, -0.05) is 11.6 Å². The van der Waals surface area contributed by atoms with Crippen LogP contribution in [0.2, 0.25) is 5.15 Å². The van der Waals surface area contributed by atoms with Gasteiger partial charge in [0.1, 0.15) is 10.2 Å². The molecule has 0 spiro atoms. The number of halogens is 1. The van der Waals surface area contributed by atoms with Gasteiger partial charge >= 0.3 is 0 Å². The molecule has 0 bridgehead atoms. The molecule has 3 rings (SSSR count). The van der Waals surface area contributed by atoms with Crippen LogP contribution in [0.1, 0.15) is 21.1 Å². The maximum Gasteiger partial charge on any atom is 0.277 e. The molecule has 1 amide bonds. The molecular formula is C16H14ClN5OS. The lowest BCUT2D eigenvalue weighted by atomic mass is 10.2. The molecular weight excluding hydrogens is 346 g/mol. The van der Waals surface area contributed by atoms with Gasteiger partial charge in [0, 0.05) is 18.1 Å². The van der Waals surface area contributed by atoms with Crippen molar-refractivity contribution in [2.75, 3.05) is 10.6 Å². The van der Waals surface area contributed by atoms with E-state index in [0.717, 1.165) is 16.3 Å². The van der Waals surface area contributed by atoms with Gasteiger partial charge in [0.15, 0.2) is 5.69 Å². The number of hydrogen-bond acceptors (Lipinski definition) is 6. The molecule has 2 N–H and O–H groups in total. The highest BCUT2D eigenvalue weighted by atomic mass is 35.5. The summed E-state index contributed by atoms with van der Waals surface area (Å²) in [5.41, 5.74) is 2.76. The number of anilines is 3. The fourth-order valence-corrected chi connectivity index (χ4v) is 3.06. The minimum atomic E-state index is -0.314. The van der Waals surface area contributed by atoms with Crippen LogP contribution in [0.3, 0.4) is 0 Å². The third-order valence-electron chi connectivity index (χ3n) is 3.22. The normalized spacial score (nSPS) is 10.5.